The molecular weight excluding hydrogens is 390 g/mol. The van der Waals surface area contributed by atoms with E-state index in [9.17, 15) is 4.79 Å². The molecule has 4 rings (SSSR count). The fraction of sp³-hybridized carbons (Fsp3) is 0.160. The highest BCUT2D eigenvalue weighted by atomic mass is 16.5. The van der Waals surface area contributed by atoms with Crippen LogP contribution < -0.4 is 10.2 Å². The number of hydrogen-bond donors (Lipinski definition) is 1. The van der Waals surface area contributed by atoms with Crippen molar-refractivity contribution in [3.63, 3.8) is 0 Å². The maximum Gasteiger partial charge on any atom is 0.272 e. The third-order valence-electron chi connectivity index (χ3n) is 4.84. The fourth-order valence-corrected chi connectivity index (χ4v) is 3.28. The van der Waals surface area contributed by atoms with E-state index >= 15 is 0 Å². The molecule has 31 heavy (non-hydrogen) atoms. The molecule has 6 nitrogen and oxygen atoms in total. The number of rotatable bonds is 6. The molecular formula is C25H23N3O3. The van der Waals surface area contributed by atoms with Crippen LogP contribution in [0.2, 0.25) is 0 Å². The Kier molecular flexibility index (Phi) is 5.80. The lowest BCUT2D eigenvalue weighted by molar-refractivity contribution is 0.0956. The molecule has 0 bridgehead atoms. The molecule has 1 N–H and O–H groups in total. The lowest BCUT2D eigenvalue weighted by Gasteiger charge is -2.10. The van der Waals surface area contributed by atoms with Gasteiger partial charge in [0.2, 0.25) is 0 Å². The van der Waals surface area contributed by atoms with E-state index in [1.165, 1.54) is 0 Å². The van der Waals surface area contributed by atoms with E-state index < -0.39 is 0 Å². The van der Waals surface area contributed by atoms with Crippen LogP contribution in [0.5, 0.6) is 5.75 Å². The summed E-state index contributed by atoms with van der Waals surface area (Å²) in [6.45, 7) is 6.20. The first kappa shape index (κ1) is 20.3. The third-order valence-corrected chi connectivity index (χ3v) is 4.84. The second kappa shape index (κ2) is 8.83. The summed E-state index contributed by atoms with van der Waals surface area (Å²) in [6, 6.07) is 20.7. The number of amides is 1. The Balaban J connectivity index is 1.68. The number of aryl methyl sites for hydroxylation is 1. The van der Waals surface area contributed by atoms with Gasteiger partial charge in [0.15, 0.2) is 0 Å². The van der Waals surface area contributed by atoms with Crippen LogP contribution in [0, 0.1) is 6.92 Å². The second-order valence-corrected chi connectivity index (χ2v) is 7.08. The lowest BCUT2D eigenvalue weighted by atomic mass is 10.0. The van der Waals surface area contributed by atoms with Gasteiger partial charge in [0.25, 0.3) is 5.91 Å². The van der Waals surface area contributed by atoms with E-state index in [4.69, 9.17) is 14.1 Å². The molecule has 0 saturated carbocycles. The molecule has 2 heterocycles. The molecule has 4 aromatic rings. The molecule has 0 aliphatic carbocycles. The number of hydrazone groups is 1. The number of nitrogens with zero attached hydrogens (tertiary/aromatic N) is 2. The number of hydrogen-bond acceptors (Lipinski definition) is 5. The molecule has 0 aliphatic heterocycles. The minimum atomic E-state index is -0.312. The van der Waals surface area contributed by atoms with Gasteiger partial charge < -0.3 is 9.15 Å². The van der Waals surface area contributed by atoms with Crippen molar-refractivity contribution in [3.8, 4) is 17.0 Å². The quantitative estimate of drug-likeness (QED) is 0.341. The Hall–Kier alpha value is -3.93. The van der Waals surface area contributed by atoms with Gasteiger partial charge in [-0.2, -0.15) is 5.10 Å². The van der Waals surface area contributed by atoms with E-state index in [0.29, 0.717) is 29.3 Å². The largest absolute Gasteiger partial charge is 0.494 e. The Morgan fingerprint density at radius 1 is 1.10 bits per heavy atom. The van der Waals surface area contributed by atoms with E-state index in [0.717, 1.165) is 28.0 Å². The van der Waals surface area contributed by atoms with E-state index in [-0.39, 0.29) is 5.91 Å². The average Bonchev–Trinajstić information content (AvgIpc) is 3.23. The summed E-state index contributed by atoms with van der Waals surface area (Å²) < 4.78 is 11.1. The monoisotopic (exact) mass is 413 g/mol. The normalized spacial score (nSPS) is 11.5. The first-order valence-corrected chi connectivity index (χ1v) is 10.1. The third kappa shape index (κ3) is 4.48. The van der Waals surface area contributed by atoms with Crippen molar-refractivity contribution < 1.29 is 13.9 Å². The number of aromatic nitrogens is 1. The van der Waals surface area contributed by atoms with Crippen LogP contribution in [-0.4, -0.2) is 23.2 Å². The summed E-state index contributed by atoms with van der Waals surface area (Å²) in [5.41, 5.74) is 6.07. The molecule has 1 amide bonds. The van der Waals surface area contributed by atoms with Gasteiger partial charge in [0, 0.05) is 10.9 Å². The fourth-order valence-electron chi connectivity index (χ4n) is 3.28. The van der Waals surface area contributed by atoms with Crippen LogP contribution >= 0.6 is 0 Å². The number of ether oxygens (including phenoxy) is 1. The van der Waals surface area contributed by atoms with Crippen LogP contribution in [0.25, 0.3) is 22.2 Å². The number of para-hydroxylation sites is 1. The average molecular weight is 413 g/mol. The number of benzene rings is 2. The minimum Gasteiger partial charge on any atom is -0.494 e. The van der Waals surface area contributed by atoms with Gasteiger partial charge in [-0.25, -0.2) is 10.4 Å². The number of nitrogens with one attached hydrogen (secondary N) is 1. The molecule has 156 valence electrons. The number of carbonyl (C=O) groups is 1. The van der Waals surface area contributed by atoms with Crippen LogP contribution in [0.15, 0.2) is 76.2 Å². The van der Waals surface area contributed by atoms with Crippen molar-refractivity contribution in [2.75, 3.05) is 6.61 Å². The smallest absolute Gasteiger partial charge is 0.272 e. The predicted molar refractivity (Wildman–Crippen MR) is 121 cm³/mol. The van der Waals surface area contributed by atoms with Gasteiger partial charge in [-0.3, -0.25) is 4.79 Å². The zero-order valence-corrected chi connectivity index (χ0v) is 17.7. The van der Waals surface area contributed by atoms with Gasteiger partial charge in [-0.05, 0) is 69.3 Å². The van der Waals surface area contributed by atoms with Crippen LogP contribution in [0.4, 0.5) is 0 Å². The van der Waals surface area contributed by atoms with E-state index in [1.807, 2.05) is 74.5 Å². The highest BCUT2D eigenvalue weighted by molar-refractivity contribution is 6.08. The first-order chi connectivity index (χ1) is 15.0. The van der Waals surface area contributed by atoms with Crippen molar-refractivity contribution in [2.45, 2.75) is 20.8 Å². The lowest BCUT2D eigenvalue weighted by Crippen LogP contribution is -2.20. The maximum atomic E-state index is 13.0. The number of pyridine rings is 1. The van der Waals surface area contributed by atoms with E-state index in [2.05, 4.69) is 10.5 Å². The van der Waals surface area contributed by atoms with Crippen molar-refractivity contribution >= 4 is 22.5 Å². The minimum absolute atomic E-state index is 0.312. The number of carbonyl (C=O) groups excluding carboxylic acids is 1. The molecule has 0 fully saturated rings. The van der Waals surface area contributed by atoms with Crippen molar-refractivity contribution in [3.05, 3.63) is 83.8 Å². The summed E-state index contributed by atoms with van der Waals surface area (Å²) in [5.74, 6) is 1.89. The molecule has 0 spiro atoms. The summed E-state index contributed by atoms with van der Waals surface area (Å²) in [7, 11) is 0. The zero-order chi connectivity index (χ0) is 21.8. The van der Waals surface area contributed by atoms with Crippen LogP contribution in [-0.2, 0) is 0 Å². The van der Waals surface area contributed by atoms with E-state index in [1.54, 1.807) is 13.0 Å². The van der Waals surface area contributed by atoms with Crippen molar-refractivity contribution in [1.82, 2.24) is 10.4 Å². The van der Waals surface area contributed by atoms with Crippen LogP contribution in [0.3, 0.4) is 0 Å². The molecule has 2 aromatic heterocycles. The van der Waals surface area contributed by atoms with Gasteiger partial charge in [-0.15, -0.1) is 0 Å². The number of furan rings is 1. The molecule has 2 aromatic carbocycles. The summed E-state index contributed by atoms with van der Waals surface area (Å²) in [5, 5.41) is 4.97. The second-order valence-electron chi connectivity index (χ2n) is 7.08. The summed E-state index contributed by atoms with van der Waals surface area (Å²) in [4.78, 5) is 17.8. The van der Waals surface area contributed by atoms with Gasteiger partial charge in [0.1, 0.15) is 23.0 Å². The molecule has 0 saturated heterocycles. The standard InChI is InChI=1S/C25H23N3O3/c1-4-30-19-12-10-18(11-13-19)23-15-21(20-7-5-6-8-22(20)26-23)25(29)28-27-17(3)24-14-9-16(2)31-24/h5-15H,4H2,1-3H3,(H,28,29)/b27-17+. The maximum absolute atomic E-state index is 13.0. The predicted octanol–water partition coefficient (Wildman–Crippen LogP) is 5.36. The first-order valence-electron chi connectivity index (χ1n) is 10.1. The molecule has 0 radical (unpaired) electrons. The van der Waals surface area contributed by atoms with Crippen molar-refractivity contribution in [1.29, 1.82) is 0 Å². The zero-order valence-electron chi connectivity index (χ0n) is 17.7. The summed E-state index contributed by atoms with van der Waals surface area (Å²) >= 11 is 0. The Labute approximate surface area is 180 Å². The Bertz CT molecular complexity index is 1260. The molecule has 0 atom stereocenters. The SMILES string of the molecule is CCOc1ccc(-c2cc(C(=O)N/N=C(\C)c3ccc(C)o3)c3ccccc3n2)cc1. The summed E-state index contributed by atoms with van der Waals surface area (Å²) in [6.07, 6.45) is 0. The Morgan fingerprint density at radius 2 is 1.87 bits per heavy atom. The van der Waals surface area contributed by atoms with Crippen molar-refractivity contribution in [2.24, 2.45) is 5.10 Å². The molecule has 6 heteroatoms. The molecule has 0 aliphatic rings. The molecule has 0 unspecified atom stereocenters. The topological polar surface area (TPSA) is 76.7 Å². The van der Waals surface area contributed by atoms with Gasteiger partial charge in [-0.1, -0.05) is 18.2 Å². The van der Waals surface area contributed by atoms with Gasteiger partial charge in [0.05, 0.1) is 23.4 Å². The Morgan fingerprint density at radius 3 is 2.58 bits per heavy atom. The van der Waals surface area contributed by atoms with Gasteiger partial charge >= 0.3 is 0 Å². The van der Waals surface area contributed by atoms with Crippen LogP contribution in [0.1, 0.15) is 35.7 Å². The number of fused-ring (bicyclic) bond motifs is 1. The highest BCUT2D eigenvalue weighted by Crippen LogP contribution is 2.26. The highest BCUT2D eigenvalue weighted by Gasteiger charge is 2.14.